The molecule has 3 aromatic rings. The van der Waals surface area contributed by atoms with Gasteiger partial charge in [-0.15, -0.1) is 0 Å². The molecule has 9 nitrogen and oxygen atoms in total. The topological polar surface area (TPSA) is 95.3 Å². The van der Waals surface area contributed by atoms with E-state index in [9.17, 15) is 14.4 Å². The number of hydrogen-bond donors (Lipinski definition) is 1. The van der Waals surface area contributed by atoms with Crippen molar-refractivity contribution in [3.8, 4) is 0 Å². The number of halogens is 2. The number of para-hydroxylation sites is 1. The summed E-state index contributed by atoms with van der Waals surface area (Å²) in [5.41, 5.74) is 1.93. The first-order valence-corrected chi connectivity index (χ1v) is 16.6. The van der Waals surface area contributed by atoms with Crippen LogP contribution >= 0.6 is 23.2 Å². The highest BCUT2D eigenvalue weighted by atomic mass is 35.5. The van der Waals surface area contributed by atoms with E-state index < -0.39 is 0 Å². The van der Waals surface area contributed by atoms with Gasteiger partial charge in [0, 0.05) is 43.1 Å². The Morgan fingerprint density at radius 3 is 2.62 bits per heavy atom. The van der Waals surface area contributed by atoms with Crippen molar-refractivity contribution in [3.63, 3.8) is 0 Å². The van der Waals surface area contributed by atoms with E-state index in [0.29, 0.717) is 59.0 Å². The summed E-state index contributed by atoms with van der Waals surface area (Å²) >= 11 is 13.3. The van der Waals surface area contributed by atoms with Crippen LogP contribution in [0.2, 0.25) is 10.0 Å². The SMILES string of the molecule is CC1CCC(OC[C@@H]2C[C@H](N3CCN(C)C(=O)C3)CN2C(=O)Cc2cc(Cl)c(NC(=O)c3coc4ccccc34)cc2Cl)CC1. The van der Waals surface area contributed by atoms with Gasteiger partial charge in [0.2, 0.25) is 11.8 Å². The molecule has 240 valence electrons. The van der Waals surface area contributed by atoms with Crippen LogP contribution in [-0.4, -0.2) is 90.4 Å². The van der Waals surface area contributed by atoms with Crippen LogP contribution in [0.15, 0.2) is 47.1 Å². The van der Waals surface area contributed by atoms with E-state index in [4.69, 9.17) is 32.4 Å². The maximum atomic E-state index is 13.9. The molecule has 11 heteroatoms. The molecule has 0 spiro atoms. The molecule has 1 saturated carbocycles. The minimum atomic E-state index is -0.373. The third kappa shape index (κ3) is 7.17. The van der Waals surface area contributed by atoms with Crippen molar-refractivity contribution < 1.29 is 23.5 Å². The van der Waals surface area contributed by atoms with E-state index in [-0.39, 0.29) is 47.4 Å². The minimum Gasteiger partial charge on any atom is -0.463 e. The van der Waals surface area contributed by atoms with Gasteiger partial charge in [-0.2, -0.15) is 0 Å². The van der Waals surface area contributed by atoms with Gasteiger partial charge in [0.05, 0.1) is 48.0 Å². The van der Waals surface area contributed by atoms with Gasteiger partial charge >= 0.3 is 0 Å². The molecule has 1 aliphatic carbocycles. The summed E-state index contributed by atoms with van der Waals surface area (Å²) < 4.78 is 11.9. The van der Waals surface area contributed by atoms with Gasteiger partial charge in [0.15, 0.2) is 0 Å². The molecule has 0 bridgehead atoms. The van der Waals surface area contributed by atoms with Crippen LogP contribution in [0.25, 0.3) is 11.0 Å². The van der Waals surface area contributed by atoms with Crippen LogP contribution < -0.4 is 5.32 Å². The highest BCUT2D eigenvalue weighted by Crippen LogP contribution is 2.33. The lowest BCUT2D eigenvalue weighted by Gasteiger charge is -2.35. The number of anilines is 1. The number of carbonyl (C=O) groups excluding carboxylic acids is 3. The van der Waals surface area contributed by atoms with Gasteiger partial charge < -0.3 is 24.3 Å². The van der Waals surface area contributed by atoms with Gasteiger partial charge in [-0.25, -0.2) is 0 Å². The van der Waals surface area contributed by atoms with Crippen LogP contribution in [0.5, 0.6) is 0 Å². The summed E-state index contributed by atoms with van der Waals surface area (Å²) in [5.74, 6) is 0.394. The normalized spacial score (nSPS) is 24.4. The molecule has 2 aliphatic heterocycles. The van der Waals surface area contributed by atoms with Gasteiger partial charge in [0.25, 0.3) is 5.91 Å². The fourth-order valence-electron chi connectivity index (χ4n) is 6.78. The number of benzene rings is 2. The number of ether oxygens (including phenoxy) is 1. The van der Waals surface area contributed by atoms with E-state index in [2.05, 4.69) is 17.1 Å². The average molecular weight is 656 g/mol. The molecule has 45 heavy (non-hydrogen) atoms. The van der Waals surface area contributed by atoms with Gasteiger partial charge in [0.1, 0.15) is 11.8 Å². The zero-order valence-electron chi connectivity index (χ0n) is 25.8. The molecule has 2 atom stereocenters. The maximum absolute atomic E-state index is 13.9. The van der Waals surface area contributed by atoms with Crippen LogP contribution in [0, 0.1) is 5.92 Å². The number of nitrogens with one attached hydrogen (secondary N) is 1. The molecule has 0 radical (unpaired) electrons. The molecule has 2 saturated heterocycles. The van der Waals surface area contributed by atoms with Crippen molar-refractivity contribution in [1.82, 2.24) is 14.7 Å². The number of fused-ring (bicyclic) bond motifs is 1. The Morgan fingerprint density at radius 1 is 1.07 bits per heavy atom. The lowest BCUT2D eigenvalue weighted by Crippen LogP contribution is -2.52. The van der Waals surface area contributed by atoms with Crippen molar-refractivity contribution in [2.75, 3.05) is 45.2 Å². The van der Waals surface area contributed by atoms with E-state index in [1.807, 2.05) is 30.1 Å². The summed E-state index contributed by atoms with van der Waals surface area (Å²) in [4.78, 5) is 45.2. The smallest absolute Gasteiger partial charge is 0.259 e. The lowest BCUT2D eigenvalue weighted by atomic mass is 9.89. The Morgan fingerprint density at radius 2 is 1.84 bits per heavy atom. The summed E-state index contributed by atoms with van der Waals surface area (Å²) in [6.45, 7) is 5.12. The van der Waals surface area contributed by atoms with E-state index in [1.54, 1.807) is 23.1 Å². The lowest BCUT2D eigenvalue weighted by molar-refractivity contribution is -0.135. The molecule has 3 amide bonds. The highest BCUT2D eigenvalue weighted by Gasteiger charge is 2.40. The predicted octanol–water partition coefficient (Wildman–Crippen LogP) is 5.87. The summed E-state index contributed by atoms with van der Waals surface area (Å²) in [6.07, 6.45) is 6.88. The number of likely N-dealkylation sites (tertiary alicyclic amines) is 1. The second-order valence-electron chi connectivity index (χ2n) is 12.8. The number of piperazine rings is 1. The van der Waals surface area contributed by atoms with Crippen LogP contribution in [-0.2, 0) is 20.7 Å². The van der Waals surface area contributed by atoms with Crippen molar-refractivity contribution in [1.29, 1.82) is 0 Å². The predicted molar refractivity (Wildman–Crippen MR) is 175 cm³/mol. The zero-order valence-corrected chi connectivity index (χ0v) is 27.3. The summed E-state index contributed by atoms with van der Waals surface area (Å²) in [7, 11) is 1.83. The molecule has 3 heterocycles. The fraction of sp³-hybridized carbons (Fsp3) is 0.500. The largest absolute Gasteiger partial charge is 0.463 e. The van der Waals surface area contributed by atoms with Crippen LogP contribution in [0.3, 0.4) is 0 Å². The standard InChI is InChI=1S/C34H40Cl2N4O5/c1-21-7-9-25(10-8-21)44-19-24-15-23(39-12-11-38(2)33(42)18-39)17-40(24)32(41)14-22-13-29(36)30(16-28(22)35)37-34(43)27-20-45-31-6-4-3-5-26(27)31/h3-6,13,16,20-21,23-25H,7-12,14-15,17-19H2,1-2H3,(H,37,43)/t21?,23-,24-,25?/m0/s1. The van der Waals surface area contributed by atoms with Crippen molar-refractivity contribution >= 4 is 57.6 Å². The molecule has 6 rings (SSSR count). The first-order chi connectivity index (χ1) is 21.7. The maximum Gasteiger partial charge on any atom is 0.259 e. The molecule has 0 unspecified atom stereocenters. The second kappa shape index (κ2) is 13.7. The molecule has 2 aromatic carbocycles. The molecule has 3 aliphatic rings. The molecule has 1 aromatic heterocycles. The Hall–Kier alpha value is -3.11. The van der Waals surface area contributed by atoms with Gasteiger partial charge in [-0.05, 0) is 61.8 Å². The monoisotopic (exact) mass is 654 g/mol. The second-order valence-corrected chi connectivity index (χ2v) is 13.6. The average Bonchev–Trinajstić information content (AvgIpc) is 3.66. The number of furan rings is 1. The van der Waals surface area contributed by atoms with Gasteiger partial charge in [-0.3, -0.25) is 19.3 Å². The minimum absolute atomic E-state index is 0.0605. The third-order valence-corrected chi connectivity index (χ3v) is 10.3. The number of amides is 3. The molecule has 1 N–H and O–H groups in total. The Labute approximate surface area is 273 Å². The number of rotatable bonds is 8. The highest BCUT2D eigenvalue weighted by molar-refractivity contribution is 6.36. The van der Waals surface area contributed by atoms with E-state index >= 15 is 0 Å². The number of likely N-dealkylation sites (N-methyl/N-ethyl adjacent to an activating group) is 1. The number of nitrogens with zero attached hydrogens (tertiary/aromatic N) is 3. The van der Waals surface area contributed by atoms with E-state index in [0.717, 1.165) is 31.7 Å². The summed E-state index contributed by atoms with van der Waals surface area (Å²) in [5, 5.41) is 4.14. The fourth-order valence-corrected chi connectivity index (χ4v) is 7.24. The number of hydrogen-bond acceptors (Lipinski definition) is 6. The molecule has 3 fully saturated rings. The van der Waals surface area contributed by atoms with Gasteiger partial charge in [-0.1, -0.05) is 48.3 Å². The van der Waals surface area contributed by atoms with Crippen molar-refractivity contribution in [2.24, 2.45) is 5.92 Å². The summed E-state index contributed by atoms with van der Waals surface area (Å²) in [6, 6.07) is 10.5. The Kier molecular flexibility index (Phi) is 9.71. The number of carbonyl (C=O) groups is 3. The molecular formula is C34H40Cl2N4O5. The van der Waals surface area contributed by atoms with Crippen LogP contribution in [0.4, 0.5) is 5.69 Å². The quantitative estimate of drug-likeness (QED) is 0.326. The first-order valence-electron chi connectivity index (χ1n) is 15.8. The van der Waals surface area contributed by atoms with Crippen molar-refractivity contribution in [3.05, 3.63) is 63.8 Å². The van der Waals surface area contributed by atoms with Crippen LogP contribution in [0.1, 0.15) is 54.9 Å². The third-order valence-electron chi connectivity index (χ3n) is 9.65. The zero-order chi connectivity index (χ0) is 31.7. The Balaban J connectivity index is 1.14. The van der Waals surface area contributed by atoms with E-state index in [1.165, 1.54) is 19.1 Å². The first kappa shape index (κ1) is 31.9. The molecular weight excluding hydrogens is 615 g/mol. The van der Waals surface area contributed by atoms with Crippen molar-refractivity contribution in [2.45, 2.75) is 63.6 Å². The Bertz CT molecular complexity index is 1570.